The second kappa shape index (κ2) is 5.08. The predicted molar refractivity (Wildman–Crippen MR) is 61.3 cm³/mol. The molecule has 0 heterocycles. The van der Waals surface area contributed by atoms with E-state index in [1.165, 1.54) is 6.07 Å². The van der Waals surface area contributed by atoms with Crippen LogP contribution in [0, 0.1) is 0 Å². The third kappa shape index (κ3) is 2.79. The number of thiol groups is 1. The Labute approximate surface area is 92.6 Å². The van der Waals surface area contributed by atoms with Crippen LogP contribution in [-0.4, -0.2) is 16.8 Å². The first kappa shape index (κ1) is 11.1. The van der Waals surface area contributed by atoms with Crippen molar-refractivity contribution >= 4 is 36.3 Å². The van der Waals surface area contributed by atoms with Crippen molar-refractivity contribution in [1.29, 1.82) is 0 Å². The largest absolute Gasteiger partial charge is 0.478 e. The Balaban J connectivity index is 3.15. The van der Waals surface area contributed by atoms with Crippen LogP contribution in [-0.2, 0) is 0 Å². The molecule has 0 unspecified atom stereocenters. The highest BCUT2D eigenvalue weighted by atomic mass is 35.5. The van der Waals surface area contributed by atoms with Crippen LogP contribution < -0.4 is 0 Å². The van der Waals surface area contributed by atoms with Gasteiger partial charge in [-0.05, 0) is 23.8 Å². The minimum absolute atomic E-state index is 0.243. The average Bonchev–Trinajstić information content (AvgIpc) is 2.14. The van der Waals surface area contributed by atoms with E-state index in [-0.39, 0.29) is 5.56 Å². The summed E-state index contributed by atoms with van der Waals surface area (Å²) >= 11 is 9.75. The van der Waals surface area contributed by atoms with Crippen LogP contribution in [0.5, 0.6) is 0 Å². The molecular weight excluding hydrogens is 220 g/mol. The van der Waals surface area contributed by atoms with Gasteiger partial charge >= 0.3 is 5.97 Å². The summed E-state index contributed by atoms with van der Waals surface area (Å²) in [5.41, 5.74) is 0.839. The Morgan fingerprint density at radius 2 is 2.29 bits per heavy atom. The Bertz CT molecular complexity index is 374. The molecule has 1 N–H and O–H groups in total. The molecule has 1 aromatic carbocycles. The number of benzene rings is 1. The van der Waals surface area contributed by atoms with Crippen molar-refractivity contribution < 1.29 is 9.90 Å². The van der Waals surface area contributed by atoms with Crippen molar-refractivity contribution in [3.63, 3.8) is 0 Å². The lowest BCUT2D eigenvalue weighted by molar-refractivity contribution is 0.0696. The maximum Gasteiger partial charge on any atom is 0.336 e. The maximum atomic E-state index is 10.8. The van der Waals surface area contributed by atoms with Crippen molar-refractivity contribution in [3.05, 3.63) is 40.4 Å². The number of rotatable bonds is 3. The predicted octanol–water partition coefficient (Wildman–Crippen LogP) is 2.98. The van der Waals surface area contributed by atoms with Crippen LogP contribution in [0.1, 0.15) is 15.9 Å². The Morgan fingerprint density at radius 3 is 2.86 bits per heavy atom. The zero-order chi connectivity index (χ0) is 10.6. The summed E-state index contributed by atoms with van der Waals surface area (Å²) < 4.78 is 0. The standard InChI is InChI=1S/C10H9ClO2S/c11-8-3-4-9(10(12)13)7(6-8)2-1-5-14/h1-4,6,14H,5H2,(H,12,13). The Morgan fingerprint density at radius 1 is 1.57 bits per heavy atom. The summed E-state index contributed by atoms with van der Waals surface area (Å²) in [6.45, 7) is 0. The molecule has 74 valence electrons. The van der Waals surface area contributed by atoms with E-state index in [1.54, 1.807) is 24.3 Å². The Kier molecular flexibility index (Phi) is 4.04. The molecular formula is C10H9ClO2S. The topological polar surface area (TPSA) is 37.3 Å². The second-order valence-electron chi connectivity index (χ2n) is 2.62. The highest BCUT2D eigenvalue weighted by Gasteiger charge is 2.07. The molecule has 0 aliphatic rings. The second-order valence-corrected chi connectivity index (χ2v) is 3.42. The zero-order valence-corrected chi connectivity index (χ0v) is 8.92. The van der Waals surface area contributed by atoms with Crippen molar-refractivity contribution in [2.24, 2.45) is 0 Å². The van der Waals surface area contributed by atoms with Gasteiger partial charge in [0.2, 0.25) is 0 Å². The van der Waals surface area contributed by atoms with Gasteiger partial charge in [0.05, 0.1) is 5.56 Å². The minimum atomic E-state index is -0.958. The molecule has 1 rings (SSSR count). The van der Waals surface area contributed by atoms with Gasteiger partial charge in [-0.15, -0.1) is 0 Å². The lowest BCUT2D eigenvalue weighted by Crippen LogP contribution is -1.98. The van der Waals surface area contributed by atoms with Crippen molar-refractivity contribution in [1.82, 2.24) is 0 Å². The van der Waals surface area contributed by atoms with E-state index in [9.17, 15) is 4.79 Å². The number of carbonyl (C=O) groups is 1. The molecule has 0 spiro atoms. The van der Waals surface area contributed by atoms with E-state index in [0.717, 1.165) is 0 Å². The number of halogens is 1. The number of carboxylic acids is 1. The van der Waals surface area contributed by atoms with Crippen LogP contribution in [0.2, 0.25) is 5.02 Å². The third-order valence-electron chi connectivity index (χ3n) is 1.65. The van der Waals surface area contributed by atoms with Gasteiger partial charge in [-0.25, -0.2) is 4.79 Å². The summed E-state index contributed by atoms with van der Waals surface area (Å²) in [6.07, 6.45) is 3.46. The van der Waals surface area contributed by atoms with Gasteiger partial charge in [0, 0.05) is 10.8 Å². The quantitative estimate of drug-likeness (QED) is 0.781. The van der Waals surface area contributed by atoms with Gasteiger partial charge in [0.15, 0.2) is 0 Å². The fourth-order valence-corrected chi connectivity index (χ4v) is 1.33. The number of hydrogen-bond acceptors (Lipinski definition) is 2. The molecule has 0 radical (unpaired) electrons. The minimum Gasteiger partial charge on any atom is -0.478 e. The van der Waals surface area contributed by atoms with Gasteiger partial charge in [-0.2, -0.15) is 12.6 Å². The average molecular weight is 229 g/mol. The first-order valence-electron chi connectivity index (χ1n) is 3.95. The van der Waals surface area contributed by atoms with Gasteiger partial charge in [-0.3, -0.25) is 0 Å². The van der Waals surface area contributed by atoms with Gasteiger partial charge in [0.1, 0.15) is 0 Å². The maximum absolute atomic E-state index is 10.8. The molecule has 0 amide bonds. The fraction of sp³-hybridized carbons (Fsp3) is 0.100. The summed E-state index contributed by atoms with van der Waals surface area (Å²) in [7, 11) is 0. The smallest absolute Gasteiger partial charge is 0.336 e. The molecule has 0 saturated heterocycles. The third-order valence-corrected chi connectivity index (χ3v) is 2.09. The SMILES string of the molecule is O=C(O)c1ccc(Cl)cc1C=CCS. The lowest BCUT2D eigenvalue weighted by Gasteiger charge is -2.01. The highest BCUT2D eigenvalue weighted by molar-refractivity contribution is 7.80. The van der Waals surface area contributed by atoms with Crippen LogP contribution in [0.4, 0.5) is 0 Å². The molecule has 0 aliphatic heterocycles. The first-order chi connectivity index (χ1) is 6.65. The normalized spacial score (nSPS) is 10.7. The van der Waals surface area contributed by atoms with Crippen molar-refractivity contribution in [2.75, 3.05) is 5.75 Å². The van der Waals surface area contributed by atoms with Crippen molar-refractivity contribution in [2.45, 2.75) is 0 Å². The summed E-state index contributed by atoms with van der Waals surface area (Å²) in [5.74, 6) is -0.397. The van der Waals surface area contributed by atoms with E-state index in [4.69, 9.17) is 16.7 Å². The van der Waals surface area contributed by atoms with E-state index < -0.39 is 5.97 Å². The van der Waals surface area contributed by atoms with Gasteiger partial charge in [-0.1, -0.05) is 23.8 Å². The molecule has 0 bridgehead atoms. The molecule has 2 nitrogen and oxygen atoms in total. The fourth-order valence-electron chi connectivity index (χ4n) is 1.05. The molecule has 0 aliphatic carbocycles. The molecule has 4 heteroatoms. The summed E-state index contributed by atoms with van der Waals surface area (Å²) in [6, 6.07) is 4.66. The van der Waals surface area contributed by atoms with E-state index >= 15 is 0 Å². The van der Waals surface area contributed by atoms with Crippen LogP contribution in [0.25, 0.3) is 6.08 Å². The monoisotopic (exact) mass is 228 g/mol. The number of aromatic carboxylic acids is 1. The molecule has 0 fully saturated rings. The van der Waals surface area contributed by atoms with Crippen LogP contribution in [0.3, 0.4) is 0 Å². The molecule has 14 heavy (non-hydrogen) atoms. The molecule has 1 aromatic rings. The lowest BCUT2D eigenvalue weighted by atomic mass is 10.1. The summed E-state index contributed by atoms with van der Waals surface area (Å²) in [5, 5.41) is 9.38. The first-order valence-corrected chi connectivity index (χ1v) is 4.96. The van der Waals surface area contributed by atoms with E-state index in [2.05, 4.69) is 12.6 Å². The highest BCUT2D eigenvalue weighted by Crippen LogP contribution is 2.17. The van der Waals surface area contributed by atoms with Gasteiger partial charge < -0.3 is 5.11 Å². The number of hydrogen-bond donors (Lipinski definition) is 2. The van der Waals surface area contributed by atoms with Crippen LogP contribution >= 0.6 is 24.2 Å². The number of carboxylic acid groups (broad SMARTS) is 1. The zero-order valence-electron chi connectivity index (χ0n) is 7.27. The van der Waals surface area contributed by atoms with E-state index in [1.807, 2.05) is 0 Å². The summed E-state index contributed by atoms with van der Waals surface area (Å²) in [4.78, 5) is 10.8. The molecule has 0 saturated carbocycles. The van der Waals surface area contributed by atoms with Crippen molar-refractivity contribution in [3.8, 4) is 0 Å². The van der Waals surface area contributed by atoms with E-state index in [0.29, 0.717) is 16.3 Å². The van der Waals surface area contributed by atoms with Crippen LogP contribution in [0.15, 0.2) is 24.3 Å². The molecule has 0 atom stereocenters. The molecule has 0 aromatic heterocycles. The van der Waals surface area contributed by atoms with Gasteiger partial charge in [0.25, 0.3) is 0 Å². The Hall–Kier alpha value is -0.930.